The Hall–Kier alpha value is -0.480. The van der Waals surface area contributed by atoms with E-state index in [2.05, 4.69) is 5.92 Å². The summed E-state index contributed by atoms with van der Waals surface area (Å²) in [6.45, 7) is 4.09. The molecule has 7 heavy (non-hydrogen) atoms. The van der Waals surface area contributed by atoms with Gasteiger partial charge in [-0.3, -0.25) is 0 Å². The van der Waals surface area contributed by atoms with Crippen LogP contribution in [0.1, 0.15) is 13.3 Å². The largest absolute Gasteiger partial charge is 0.363 e. The van der Waals surface area contributed by atoms with Crippen LogP contribution in [-0.2, 0) is 4.74 Å². The molecule has 0 aliphatic rings. The van der Waals surface area contributed by atoms with Gasteiger partial charge in [-0.2, -0.15) is 0 Å². The van der Waals surface area contributed by atoms with Gasteiger partial charge in [-0.15, -0.1) is 6.42 Å². The third-order valence-electron chi connectivity index (χ3n) is 0.451. The van der Waals surface area contributed by atoms with Crippen molar-refractivity contribution in [1.82, 2.24) is 0 Å². The summed E-state index contributed by atoms with van der Waals surface area (Å²) < 4.78 is 4.77. The fourth-order valence-electron chi connectivity index (χ4n) is 0.225. The fraction of sp³-hybridized carbons (Fsp3) is 0.500. The second-order valence-electron chi connectivity index (χ2n) is 1.09. The van der Waals surface area contributed by atoms with E-state index in [0.29, 0.717) is 6.61 Å². The van der Waals surface area contributed by atoms with Crippen LogP contribution in [0.25, 0.3) is 0 Å². The Bertz CT molecular complexity index is 61.1. The summed E-state index contributed by atoms with van der Waals surface area (Å²) in [5.74, 6) is 2.35. The predicted molar refractivity (Wildman–Crippen MR) is 29.4 cm³/mol. The summed E-state index contributed by atoms with van der Waals surface area (Å²) in [5.41, 5.74) is 0. The Balaban J connectivity index is 2.60. The van der Waals surface area contributed by atoms with Gasteiger partial charge in [0.05, 0.1) is 6.61 Å². The zero-order valence-electron chi connectivity index (χ0n) is 4.48. The maximum atomic E-state index is 4.87. The lowest BCUT2D eigenvalue weighted by Crippen LogP contribution is -1.84. The zero-order chi connectivity index (χ0) is 5.54. The molecule has 0 aliphatic carbocycles. The van der Waals surface area contributed by atoms with Crippen molar-refractivity contribution in [1.29, 1.82) is 0 Å². The molecule has 0 saturated heterocycles. The van der Waals surface area contributed by atoms with Crippen LogP contribution in [0.15, 0.2) is 0 Å². The summed E-state index contributed by atoms with van der Waals surface area (Å²) in [5, 5.41) is 0. The van der Waals surface area contributed by atoms with E-state index in [-0.39, 0.29) is 0 Å². The van der Waals surface area contributed by atoms with E-state index in [1.54, 1.807) is 6.61 Å². The van der Waals surface area contributed by atoms with E-state index >= 15 is 0 Å². The molecule has 1 nitrogen and oxygen atoms in total. The van der Waals surface area contributed by atoms with Crippen molar-refractivity contribution in [2.45, 2.75) is 13.3 Å². The predicted octanol–water partition coefficient (Wildman–Crippen LogP) is 1.21. The molecular formula is C6H9O. The Morgan fingerprint density at radius 3 is 3.00 bits per heavy atom. The number of ether oxygens (including phenoxy) is 1. The zero-order valence-corrected chi connectivity index (χ0v) is 4.48. The van der Waals surface area contributed by atoms with Crippen LogP contribution in [0, 0.1) is 19.0 Å². The first-order valence-electron chi connectivity index (χ1n) is 2.28. The molecular weight excluding hydrogens is 88.1 g/mol. The molecule has 0 bridgehead atoms. The Kier molecular flexibility index (Phi) is 5.14. The quantitative estimate of drug-likeness (QED) is 0.380. The minimum absolute atomic E-state index is 0.397. The maximum Gasteiger partial charge on any atom is 0.107 e. The molecule has 0 saturated carbocycles. The highest BCUT2D eigenvalue weighted by atomic mass is 16.5. The van der Waals surface area contributed by atoms with Crippen LogP contribution in [0.2, 0.25) is 0 Å². The molecule has 0 unspecified atom stereocenters. The highest BCUT2D eigenvalue weighted by molar-refractivity contribution is 4.83. The van der Waals surface area contributed by atoms with Crippen LogP contribution >= 0.6 is 0 Å². The first-order chi connectivity index (χ1) is 3.41. The topological polar surface area (TPSA) is 9.23 Å². The van der Waals surface area contributed by atoms with Crippen LogP contribution in [0.4, 0.5) is 0 Å². The highest BCUT2D eigenvalue weighted by Gasteiger charge is 1.76. The van der Waals surface area contributed by atoms with Crippen molar-refractivity contribution in [3.05, 3.63) is 6.61 Å². The Morgan fingerprint density at radius 2 is 2.57 bits per heavy atom. The van der Waals surface area contributed by atoms with Crippen molar-refractivity contribution in [2.75, 3.05) is 6.61 Å². The monoisotopic (exact) mass is 97.1 g/mol. The van der Waals surface area contributed by atoms with Gasteiger partial charge in [-0.1, -0.05) is 12.8 Å². The molecule has 1 heteroatoms. The van der Waals surface area contributed by atoms with E-state index in [1.807, 2.05) is 6.92 Å². The van der Waals surface area contributed by atoms with E-state index in [0.717, 1.165) is 6.42 Å². The smallest absolute Gasteiger partial charge is 0.107 e. The number of hydrogen-bond donors (Lipinski definition) is 0. The third kappa shape index (κ3) is 5.52. The molecule has 0 atom stereocenters. The van der Waals surface area contributed by atoms with Gasteiger partial charge in [-0.25, -0.2) is 0 Å². The average Bonchev–Trinajstić information content (AvgIpc) is 1.69. The minimum atomic E-state index is 0.397. The van der Waals surface area contributed by atoms with Gasteiger partial charge in [0.2, 0.25) is 0 Å². The molecule has 0 amide bonds. The molecule has 0 aromatic carbocycles. The van der Waals surface area contributed by atoms with Gasteiger partial charge in [0.1, 0.15) is 6.61 Å². The molecule has 0 heterocycles. The molecule has 0 fully saturated rings. The molecule has 0 aromatic heterocycles. The molecule has 0 aromatic rings. The summed E-state index contributed by atoms with van der Waals surface area (Å²) in [7, 11) is 0. The van der Waals surface area contributed by atoms with Gasteiger partial charge >= 0.3 is 0 Å². The first kappa shape index (κ1) is 6.52. The van der Waals surface area contributed by atoms with E-state index in [1.165, 1.54) is 0 Å². The minimum Gasteiger partial charge on any atom is -0.363 e. The number of rotatable bonds is 3. The lowest BCUT2D eigenvalue weighted by molar-refractivity contribution is 0.233. The maximum absolute atomic E-state index is 4.87. The van der Waals surface area contributed by atoms with Crippen LogP contribution in [-0.4, -0.2) is 6.61 Å². The van der Waals surface area contributed by atoms with Gasteiger partial charge in [0, 0.05) is 0 Å². The average molecular weight is 97.1 g/mol. The van der Waals surface area contributed by atoms with Crippen LogP contribution < -0.4 is 0 Å². The SMILES string of the molecule is C#CCO[CH]CC. The van der Waals surface area contributed by atoms with E-state index in [4.69, 9.17) is 11.2 Å². The second-order valence-corrected chi connectivity index (χ2v) is 1.09. The normalized spacial score (nSPS) is 8.00. The van der Waals surface area contributed by atoms with Crippen LogP contribution in [0.5, 0.6) is 0 Å². The third-order valence-corrected chi connectivity index (χ3v) is 0.451. The van der Waals surface area contributed by atoms with Gasteiger partial charge in [0.25, 0.3) is 0 Å². The second kappa shape index (κ2) is 5.52. The lowest BCUT2D eigenvalue weighted by atomic mass is 10.5. The first-order valence-corrected chi connectivity index (χ1v) is 2.28. The molecule has 1 radical (unpaired) electrons. The molecule has 0 N–H and O–H groups in total. The van der Waals surface area contributed by atoms with E-state index in [9.17, 15) is 0 Å². The van der Waals surface area contributed by atoms with Gasteiger partial charge in [0.15, 0.2) is 0 Å². The van der Waals surface area contributed by atoms with Crippen LogP contribution in [0.3, 0.4) is 0 Å². The van der Waals surface area contributed by atoms with E-state index < -0.39 is 0 Å². The number of hydrogen-bond acceptors (Lipinski definition) is 1. The number of terminal acetylenes is 1. The summed E-state index contributed by atoms with van der Waals surface area (Å²) in [6, 6.07) is 0. The summed E-state index contributed by atoms with van der Waals surface area (Å²) in [6.07, 6.45) is 5.79. The van der Waals surface area contributed by atoms with Crippen molar-refractivity contribution in [3.8, 4) is 12.3 Å². The lowest BCUT2D eigenvalue weighted by Gasteiger charge is -1.90. The highest BCUT2D eigenvalue weighted by Crippen LogP contribution is 1.83. The van der Waals surface area contributed by atoms with Crippen molar-refractivity contribution in [3.63, 3.8) is 0 Å². The van der Waals surface area contributed by atoms with Gasteiger partial charge in [-0.05, 0) is 6.42 Å². The molecule has 0 aliphatic heterocycles. The summed E-state index contributed by atoms with van der Waals surface area (Å²) in [4.78, 5) is 0. The summed E-state index contributed by atoms with van der Waals surface area (Å²) >= 11 is 0. The van der Waals surface area contributed by atoms with Crippen molar-refractivity contribution < 1.29 is 4.74 Å². The Labute approximate surface area is 44.7 Å². The fourth-order valence-corrected chi connectivity index (χ4v) is 0.225. The van der Waals surface area contributed by atoms with Crippen molar-refractivity contribution in [2.24, 2.45) is 0 Å². The molecule has 39 valence electrons. The molecule has 0 rings (SSSR count). The van der Waals surface area contributed by atoms with Crippen molar-refractivity contribution >= 4 is 0 Å². The molecule has 0 spiro atoms. The standard InChI is InChI=1S/C6H9O/c1-3-5-7-6-4-2/h1,6H,4-5H2,2H3. The Morgan fingerprint density at radius 1 is 1.86 bits per heavy atom. The van der Waals surface area contributed by atoms with Gasteiger partial charge < -0.3 is 4.74 Å².